The number of nitrogens with one attached hydrogen (secondary N) is 2. The Morgan fingerprint density at radius 1 is 0.897 bits per heavy atom. The van der Waals surface area contributed by atoms with Crippen molar-refractivity contribution in [1.82, 2.24) is 25.7 Å². The summed E-state index contributed by atoms with van der Waals surface area (Å²) in [7, 11) is -3.84. The first kappa shape index (κ1) is 24.7. The molecular weight excluding hydrogens is 516 g/mol. The number of fused-ring (bicyclic) bond motifs is 1. The van der Waals surface area contributed by atoms with Crippen molar-refractivity contribution in [1.29, 1.82) is 0 Å². The van der Waals surface area contributed by atoms with Gasteiger partial charge in [0, 0.05) is 28.8 Å². The van der Waals surface area contributed by atoms with Gasteiger partial charge in [-0.2, -0.15) is 5.10 Å². The van der Waals surface area contributed by atoms with E-state index in [1.54, 1.807) is 18.2 Å². The van der Waals surface area contributed by atoms with Gasteiger partial charge in [0.05, 0.1) is 16.6 Å². The molecule has 1 aliphatic heterocycles. The first-order valence-electron chi connectivity index (χ1n) is 12.3. The lowest BCUT2D eigenvalue weighted by molar-refractivity contribution is 0.0924. The minimum absolute atomic E-state index is 0.0112. The van der Waals surface area contributed by atoms with Crippen LogP contribution in [-0.2, 0) is 29.3 Å². The molecule has 4 N–H and O–H groups in total. The average molecular weight is 541 g/mol. The van der Waals surface area contributed by atoms with Gasteiger partial charge < -0.3 is 9.73 Å². The van der Waals surface area contributed by atoms with Crippen LogP contribution in [0, 0.1) is 0 Å². The van der Waals surface area contributed by atoms with Gasteiger partial charge in [-0.3, -0.25) is 9.89 Å². The van der Waals surface area contributed by atoms with Crippen LogP contribution in [0.25, 0.3) is 22.6 Å². The summed E-state index contributed by atoms with van der Waals surface area (Å²) < 4.78 is 29.5. The monoisotopic (exact) mass is 540 g/mol. The van der Waals surface area contributed by atoms with E-state index in [0.717, 1.165) is 27.9 Å². The molecule has 39 heavy (non-hydrogen) atoms. The Bertz CT molecular complexity index is 1760. The second-order valence-electron chi connectivity index (χ2n) is 9.29. The molecule has 3 heterocycles. The van der Waals surface area contributed by atoms with Crippen molar-refractivity contribution in [3.05, 3.63) is 107 Å². The molecule has 0 radical (unpaired) electrons. The molecule has 0 aliphatic carbocycles. The topological polar surface area (TPSA) is 157 Å². The van der Waals surface area contributed by atoms with Crippen molar-refractivity contribution in [2.45, 2.75) is 30.2 Å². The van der Waals surface area contributed by atoms with E-state index in [4.69, 9.17) is 9.56 Å². The Kier molecular flexibility index (Phi) is 6.29. The molecule has 196 valence electrons. The minimum Gasteiger partial charge on any atom is -0.421 e. The predicted molar refractivity (Wildman–Crippen MR) is 143 cm³/mol. The summed E-state index contributed by atoms with van der Waals surface area (Å²) in [5, 5.41) is 24.5. The molecule has 0 saturated heterocycles. The van der Waals surface area contributed by atoms with Gasteiger partial charge in [-0.05, 0) is 54.3 Å². The van der Waals surface area contributed by atoms with E-state index in [9.17, 15) is 13.2 Å². The number of aromatic nitrogens is 4. The lowest BCUT2D eigenvalue weighted by Gasteiger charge is -2.25. The van der Waals surface area contributed by atoms with E-state index < -0.39 is 10.0 Å². The van der Waals surface area contributed by atoms with Crippen molar-refractivity contribution in [2.75, 3.05) is 0 Å². The highest BCUT2D eigenvalue weighted by Gasteiger charge is 2.30. The maximum Gasteiger partial charge on any atom is 0.252 e. The molecule has 3 aromatic carbocycles. The molecule has 6 rings (SSSR count). The summed E-state index contributed by atoms with van der Waals surface area (Å²) in [6.07, 6.45) is 1.51. The van der Waals surface area contributed by atoms with Crippen LogP contribution in [0.5, 0.6) is 0 Å². The van der Waals surface area contributed by atoms with Crippen LogP contribution in [0.3, 0.4) is 0 Å². The summed E-state index contributed by atoms with van der Waals surface area (Å²) in [6.45, 7) is 0. The normalized spacial score (nSPS) is 15.1. The van der Waals surface area contributed by atoms with Crippen LogP contribution in [0.1, 0.15) is 39.2 Å². The van der Waals surface area contributed by atoms with E-state index in [1.165, 1.54) is 12.1 Å². The third-order valence-corrected chi connectivity index (χ3v) is 7.67. The summed E-state index contributed by atoms with van der Waals surface area (Å²) in [5.41, 5.74) is 5.39. The van der Waals surface area contributed by atoms with E-state index in [2.05, 4.69) is 25.7 Å². The number of nitrogens with zero attached hydrogens (tertiary/aromatic N) is 3. The first-order valence-corrected chi connectivity index (χ1v) is 13.9. The van der Waals surface area contributed by atoms with Gasteiger partial charge in [-0.15, -0.1) is 10.2 Å². The molecule has 0 saturated carbocycles. The molecule has 0 bridgehead atoms. The third kappa shape index (κ3) is 4.97. The number of primary sulfonamides is 1. The number of carbonyl (C=O) groups excluding carboxylic acids is 1. The van der Waals surface area contributed by atoms with E-state index in [1.807, 2.05) is 48.5 Å². The van der Waals surface area contributed by atoms with Gasteiger partial charge in [0.2, 0.25) is 21.8 Å². The number of aryl methyl sites for hydroxylation is 2. The number of nitrogens with two attached hydrogens (primary N) is 1. The Labute approximate surface area is 224 Å². The van der Waals surface area contributed by atoms with Crippen molar-refractivity contribution in [3.8, 4) is 22.6 Å². The molecule has 1 unspecified atom stereocenters. The van der Waals surface area contributed by atoms with Gasteiger partial charge in [0.25, 0.3) is 5.91 Å². The number of benzene rings is 3. The zero-order chi connectivity index (χ0) is 27.0. The average Bonchev–Trinajstić information content (AvgIpc) is 3.59. The largest absolute Gasteiger partial charge is 0.421 e. The number of H-pyrrole nitrogens is 1. The Morgan fingerprint density at radius 3 is 2.41 bits per heavy atom. The molecule has 10 nitrogen and oxygen atoms in total. The highest BCUT2D eigenvalue weighted by atomic mass is 32.2. The number of hydrogen-bond donors (Lipinski definition) is 3. The van der Waals surface area contributed by atoms with Crippen molar-refractivity contribution < 1.29 is 17.6 Å². The fourth-order valence-corrected chi connectivity index (χ4v) is 5.35. The molecule has 11 heteroatoms. The lowest BCUT2D eigenvalue weighted by atomic mass is 9.90. The van der Waals surface area contributed by atoms with Crippen LogP contribution in [0.2, 0.25) is 0 Å². The molecular formula is C28H24N6O4S. The fraction of sp³-hybridized carbons (Fsp3) is 0.143. The highest BCUT2D eigenvalue weighted by molar-refractivity contribution is 7.89. The summed E-state index contributed by atoms with van der Waals surface area (Å²) in [5.74, 6) is 0.750. The number of aromatic amines is 1. The van der Waals surface area contributed by atoms with E-state index >= 15 is 0 Å². The van der Waals surface area contributed by atoms with Crippen LogP contribution in [0.15, 0.2) is 88.2 Å². The zero-order valence-electron chi connectivity index (χ0n) is 20.7. The molecule has 1 amide bonds. The second kappa shape index (κ2) is 9.93. The first-order chi connectivity index (χ1) is 18.9. The quantitative estimate of drug-likeness (QED) is 0.285. The molecule has 2 aromatic heterocycles. The van der Waals surface area contributed by atoms with Crippen LogP contribution >= 0.6 is 0 Å². The van der Waals surface area contributed by atoms with Crippen LogP contribution < -0.4 is 10.5 Å². The predicted octanol–water partition coefficient (Wildman–Crippen LogP) is 3.59. The summed E-state index contributed by atoms with van der Waals surface area (Å²) in [4.78, 5) is 12.9. The Morgan fingerprint density at radius 2 is 1.64 bits per heavy atom. The molecule has 5 aromatic rings. The van der Waals surface area contributed by atoms with Gasteiger partial charge in [-0.1, -0.05) is 48.5 Å². The Hall–Kier alpha value is -4.61. The Balaban J connectivity index is 1.33. The number of rotatable bonds is 7. The second-order valence-corrected chi connectivity index (χ2v) is 10.8. The smallest absolute Gasteiger partial charge is 0.252 e. The molecule has 1 atom stereocenters. The van der Waals surface area contributed by atoms with Crippen molar-refractivity contribution in [2.24, 2.45) is 5.14 Å². The van der Waals surface area contributed by atoms with Crippen LogP contribution in [0.4, 0.5) is 0 Å². The standard InChI is InChI=1S/C28H24N6O4S/c29-39(36,37)20-12-10-17(11-13-20)25-22(14-15-24-32-34-28(38-24)18-6-2-1-3-7-18)31-33-26(25)23-16-19-8-4-5-9-21(19)27(35)30-23/h1-13,23H,14-16H2,(H,30,35)(H,31,33)(H2,29,36,37). The minimum atomic E-state index is -3.84. The van der Waals surface area contributed by atoms with Crippen molar-refractivity contribution in [3.63, 3.8) is 0 Å². The molecule has 0 fully saturated rings. The maximum absolute atomic E-state index is 12.9. The summed E-state index contributed by atoms with van der Waals surface area (Å²) in [6, 6.07) is 22.9. The van der Waals surface area contributed by atoms with Crippen LogP contribution in [-0.4, -0.2) is 34.7 Å². The SMILES string of the molecule is NS(=O)(=O)c1ccc(-c2c(C3Cc4ccccc4C(=O)N3)n[nH]c2CCc2nnc(-c3ccccc3)o2)cc1. The number of sulfonamides is 1. The number of carbonyl (C=O) groups is 1. The lowest BCUT2D eigenvalue weighted by Crippen LogP contribution is -2.35. The van der Waals surface area contributed by atoms with Gasteiger partial charge in [-0.25, -0.2) is 13.6 Å². The van der Waals surface area contributed by atoms with Crippen molar-refractivity contribution >= 4 is 15.9 Å². The number of hydrogen-bond acceptors (Lipinski definition) is 7. The third-order valence-electron chi connectivity index (χ3n) is 6.74. The molecule has 1 aliphatic rings. The maximum atomic E-state index is 12.9. The van der Waals surface area contributed by atoms with E-state index in [-0.39, 0.29) is 16.8 Å². The van der Waals surface area contributed by atoms with Gasteiger partial charge in [0.15, 0.2) is 0 Å². The van der Waals surface area contributed by atoms with Gasteiger partial charge >= 0.3 is 0 Å². The molecule has 0 spiro atoms. The summed E-state index contributed by atoms with van der Waals surface area (Å²) >= 11 is 0. The highest BCUT2D eigenvalue weighted by Crippen LogP contribution is 2.35. The fourth-order valence-electron chi connectivity index (χ4n) is 4.84. The van der Waals surface area contributed by atoms with Gasteiger partial charge in [0.1, 0.15) is 0 Å². The number of amides is 1. The van der Waals surface area contributed by atoms with E-state index in [0.29, 0.717) is 42.3 Å². The zero-order valence-corrected chi connectivity index (χ0v) is 21.5.